The summed E-state index contributed by atoms with van der Waals surface area (Å²) in [6, 6.07) is 8.19. The standard InChI is InChI=1S/C18H26O/c1-5-10-15(6-2)11-9-13-16-12-7-8-14-17(16)18(3,4)19/h5-8,10,12,14,19H,9,11,13H2,1-4H3. The predicted octanol–water partition coefficient (Wildman–Crippen LogP) is 4.76. The molecule has 0 aliphatic rings. The number of allylic oxidation sites excluding steroid dienone is 4. The molecule has 0 heterocycles. The molecular weight excluding hydrogens is 232 g/mol. The molecule has 1 nitrogen and oxygen atoms in total. The normalized spacial score (nSPS) is 13.2. The Morgan fingerprint density at radius 1 is 1.21 bits per heavy atom. The van der Waals surface area contributed by atoms with E-state index in [0.29, 0.717) is 0 Å². The van der Waals surface area contributed by atoms with E-state index in [0.717, 1.165) is 24.8 Å². The van der Waals surface area contributed by atoms with Crippen molar-refractivity contribution >= 4 is 0 Å². The molecule has 1 aromatic rings. The predicted molar refractivity (Wildman–Crippen MR) is 83.2 cm³/mol. The fraction of sp³-hybridized carbons (Fsp3) is 0.444. The van der Waals surface area contributed by atoms with Crippen molar-refractivity contribution in [3.8, 4) is 0 Å². The van der Waals surface area contributed by atoms with Crippen molar-refractivity contribution in [2.45, 2.75) is 52.6 Å². The average molecular weight is 258 g/mol. The van der Waals surface area contributed by atoms with E-state index in [1.54, 1.807) is 0 Å². The smallest absolute Gasteiger partial charge is 0.0843 e. The van der Waals surface area contributed by atoms with Gasteiger partial charge in [-0.25, -0.2) is 0 Å². The SMILES string of the molecule is CC=CC(=CC)CCCc1ccccc1C(C)(C)O. The summed E-state index contributed by atoms with van der Waals surface area (Å²) in [6.45, 7) is 7.83. The highest BCUT2D eigenvalue weighted by Gasteiger charge is 2.18. The van der Waals surface area contributed by atoms with Crippen molar-refractivity contribution in [2.75, 3.05) is 0 Å². The maximum absolute atomic E-state index is 10.2. The highest BCUT2D eigenvalue weighted by atomic mass is 16.3. The lowest BCUT2D eigenvalue weighted by molar-refractivity contribution is 0.0776. The molecule has 0 aromatic heterocycles. The van der Waals surface area contributed by atoms with Crippen LogP contribution in [0.2, 0.25) is 0 Å². The number of hydrogen-bond acceptors (Lipinski definition) is 1. The average Bonchev–Trinajstić information content (AvgIpc) is 2.37. The molecule has 0 aliphatic heterocycles. The van der Waals surface area contributed by atoms with Crippen molar-refractivity contribution in [2.24, 2.45) is 0 Å². The van der Waals surface area contributed by atoms with E-state index in [1.807, 2.05) is 39.0 Å². The quantitative estimate of drug-likeness (QED) is 0.729. The van der Waals surface area contributed by atoms with Gasteiger partial charge in [0.2, 0.25) is 0 Å². The van der Waals surface area contributed by atoms with E-state index in [4.69, 9.17) is 0 Å². The zero-order valence-corrected chi connectivity index (χ0v) is 12.6. The molecule has 0 bridgehead atoms. The number of benzene rings is 1. The maximum atomic E-state index is 10.2. The van der Waals surface area contributed by atoms with Crippen LogP contribution < -0.4 is 0 Å². The van der Waals surface area contributed by atoms with Gasteiger partial charge in [-0.15, -0.1) is 0 Å². The fourth-order valence-corrected chi connectivity index (χ4v) is 2.36. The Hall–Kier alpha value is -1.34. The van der Waals surface area contributed by atoms with Crippen molar-refractivity contribution in [1.82, 2.24) is 0 Å². The highest BCUT2D eigenvalue weighted by Crippen LogP contribution is 2.25. The first-order valence-corrected chi connectivity index (χ1v) is 7.07. The molecule has 0 saturated carbocycles. The maximum Gasteiger partial charge on any atom is 0.0843 e. The molecule has 0 atom stereocenters. The molecule has 0 spiro atoms. The fourth-order valence-electron chi connectivity index (χ4n) is 2.36. The Bertz CT molecular complexity index is 447. The Morgan fingerprint density at radius 2 is 1.89 bits per heavy atom. The lowest BCUT2D eigenvalue weighted by Crippen LogP contribution is -2.17. The van der Waals surface area contributed by atoms with Gasteiger partial charge in [0.1, 0.15) is 0 Å². The summed E-state index contributed by atoms with van der Waals surface area (Å²) in [6.07, 6.45) is 9.62. The number of aliphatic hydroxyl groups is 1. The van der Waals surface area contributed by atoms with Crippen molar-refractivity contribution in [3.63, 3.8) is 0 Å². The van der Waals surface area contributed by atoms with Gasteiger partial charge in [0.25, 0.3) is 0 Å². The van der Waals surface area contributed by atoms with Crippen LogP contribution in [0.5, 0.6) is 0 Å². The molecule has 0 saturated heterocycles. The minimum Gasteiger partial charge on any atom is -0.386 e. The second-order valence-electron chi connectivity index (χ2n) is 5.43. The van der Waals surface area contributed by atoms with Crippen LogP contribution >= 0.6 is 0 Å². The van der Waals surface area contributed by atoms with Gasteiger partial charge in [0.15, 0.2) is 0 Å². The van der Waals surface area contributed by atoms with Crippen LogP contribution in [0.15, 0.2) is 48.1 Å². The third-order valence-corrected chi connectivity index (χ3v) is 3.34. The Balaban J connectivity index is 2.69. The van der Waals surface area contributed by atoms with E-state index >= 15 is 0 Å². The molecule has 104 valence electrons. The molecule has 1 N–H and O–H groups in total. The Kier molecular flexibility index (Phi) is 6.04. The zero-order valence-electron chi connectivity index (χ0n) is 12.6. The third kappa shape index (κ3) is 5.04. The second kappa shape index (κ2) is 7.30. The molecule has 0 fully saturated rings. The summed E-state index contributed by atoms with van der Waals surface area (Å²) in [5.74, 6) is 0. The summed E-state index contributed by atoms with van der Waals surface area (Å²) in [5, 5.41) is 10.2. The van der Waals surface area contributed by atoms with Gasteiger partial charge in [-0.3, -0.25) is 0 Å². The van der Waals surface area contributed by atoms with Gasteiger partial charge >= 0.3 is 0 Å². The lowest BCUT2D eigenvalue weighted by atomic mass is 9.90. The minimum atomic E-state index is -0.761. The Labute approximate surface area is 117 Å². The topological polar surface area (TPSA) is 20.2 Å². The van der Waals surface area contributed by atoms with Crippen LogP contribution in [0.25, 0.3) is 0 Å². The van der Waals surface area contributed by atoms with Gasteiger partial charge in [0.05, 0.1) is 5.60 Å². The van der Waals surface area contributed by atoms with E-state index in [1.165, 1.54) is 11.1 Å². The van der Waals surface area contributed by atoms with E-state index in [2.05, 4.69) is 31.2 Å². The molecule has 19 heavy (non-hydrogen) atoms. The van der Waals surface area contributed by atoms with Gasteiger partial charge in [-0.2, -0.15) is 0 Å². The Morgan fingerprint density at radius 3 is 2.47 bits per heavy atom. The first kappa shape index (κ1) is 15.7. The summed E-state index contributed by atoms with van der Waals surface area (Å²) in [7, 11) is 0. The van der Waals surface area contributed by atoms with Crippen molar-refractivity contribution in [1.29, 1.82) is 0 Å². The molecule has 0 unspecified atom stereocenters. The highest BCUT2D eigenvalue weighted by molar-refractivity contribution is 5.31. The van der Waals surface area contributed by atoms with Crippen molar-refractivity contribution in [3.05, 3.63) is 59.2 Å². The molecule has 0 aliphatic carbocycles. The number of hydrogen-bond donors (Lipinski definition) is 1. The van der Waals surface area contributed by atoms with E-state index in [-0.39, 0.29) is 0 Å². The van der Waals surface area contributed by atoms with Gasteiger partial charge in [0, 0.05) is 0 Å². The van der Waals surface area contributed by atoms with Gasteiger partial charge in [-0.1, -0.05) is 48.1 Å². The largest absolute Gasteiger partial charge is 0.386 e. The van der Waals surface area contributed by atoms with Crippen LogP contribution in [-0.2, 0) is 12.0 Å². The minimum absolute atomic E-state index is 0.761. The summed E-state index contributed by atoms with van der Waals surface area (Å²) in [4.78, 5) is 0. The van der Waals surface area contributed by atoms with Gasteiger partial charge in [-0.05, 0) is 58.1 Å². The van der Waals surface area contributed by atoms with Crippen LogP contribution in [-0.4, -0.2) is 5.11 Å². The summed E-state index contributed by atoms with van der Waals surface area (Å²) >= 11 is 0. The van der Waals surface area contributed by atoms with Crippen LogP contribution in [0, 0.1) is 0 Å². The molecule has 0 radical (unpaired) electrons. The summed E-state index contributed by atoms with van der Waals surface area (Å²) < 4.78 is 0. The molecule has 1 rings (SSSR count). The summed E-state index contributed by atoms with van der Waals surface area (Å²) in [5.41, 5.74) is 2.92. The number of aryl methyl sites for hydroxylation is 1. The van der Waals surface area contributed by atoms with Gasteiger partial charge < -0.3 is 5.11 Å². The zero-order chi connectivity index (χ0) is 14.3. The van der Waals surface area contributed by atoms with E-state index in [9.17, 15) is 5.11 Å². The first-order chi connectivity index (χ1) is 8.99. The van der Waals surface area contributed by atoms with Crippen LogP contribution in [0.4, 0.5) is 0 Å². The monoisotopic (exact) mass is 258 g/mol. The van der Waals surface area contributed by atoms with Crippen LogP contribution in [0.3, 0.4) is 0 Å². The second-order valence-corrected chi connectivity index (χ2v) is 5.43. The first-order valence-electron chi connectivity index (χ1n) is 7.07. The van der Waals surface area contributed by atoms with Crippen molar-refractivity contribution < 1.29 is 5.11 Å². The molecule has 1 heteroatoms. The number of rotatable bonds is 6. The van der Waals surface area contributed by atoms with Crippen LogP contribution in [0.1, 0.15) is 51.7 Å². The lowest BCUT2D eigenvalue weighted by Gasteiger charge is -2.21. The molecular formula is C18H26O. The third-order valence-electron chi connectivity index (χ3n) is 3.34. The van der Waals surface area contributed by atoms with E-state index < -0.39 is 5.60 Å². The molecule has 1 aromatic carbocycles. The molecule has 0 amide bonds.